The maximum Gasteiger partial charge on any atom is 0.340 e. The van der Waals surface area contributed by atoms with Crippen LogP contribution in [0.15, 0.2) is 17.6 Å². The van der Waals surface area contributed by atoms with Crippen molar-refractivity contribution in [3.63, 3.8) is 0 Å². The van der Waals surface area contributed by atoms with Gasteiger partial charge in [0.05, 0.1) is 30.1 Å². The molecule has 112 valence electrons. The molecule has 0 saturated heterocycles. The standard InChI is InChI=1S/C14H18N4O2S/c1-4-20-14(19)10-5-12(16-6-11(10)15)18-9(3)13-17-8(2)7-21-13/h5-7,9H,4,15H2,1-3H3,(H,16,18). The van der Waals surface area contributed by atoms with Crippen molar-refractivity contribution in [2.45, 2.75) is 26.8 Å². The van der Waals surface area contributed by atoms with E-state index in [4.69, 9.17) is 10.5 Å². The number of anilines is 2. The van der Waals surface area contributed by atoms with Crippen molar-refractivity contribution in [2.75, 3.05) is 17.7 Å². The average molecular weight is 306 g/mol. The Hall–Kier alpha value is -2.15. The number of esters is 1. The molecular formula is C14H18N4O2S. The Labute approximate surface area is 127 Å². The molecule has 0 aliphatic rings. The lowest BCUT2D eigenvalue weighted by atomic mass is 10.2. The lowest BCUT2D eigenvalue weighted by molar-refractivity contribution is 0.0527. The normalized spacial score (nSPS) is 12.0. The molecule has 1 unspecified atom stereocenters. The average Bonchev–Trinajstić information content (AvgIpc) is 2.88. The van der Waals surface area contributed by atoms with E-state index in [1.54, 1.807) is 24.3 Å². The number of carbonyl (C=O) groups excluding carboxylic acids is 1. The van der Waals surface area contributed by atoms with Crippen molar-refractivity contribution < 1.29 is 9.53 Å². The van der Waals surface area contributed by atoms with E-state index in [-0.39, 0.29) is 6.04 Å². The van der Waals surface area contributed by atoms with Crippen LogP contribution in [0, 0.1) is 6.92 Å². The van der Waals surface area contributed by atoms with Gasteiger partial charge in [-0.25, -0.2) is 14.8 Å². The number of nitrogens with zero attached hydrogens (tertiary/aromatic N) is 2. The molecule has 1 atom stereocenters. The fourth-order valence-electron chi connectivity index (χ4n) is 1.79. The summed E-state index contributed by atoms with van der Waals surface area (Å²) in [5.41, 5.74) is 7.37. The third-order valence-corrected chi connectivity index (χ3v) is 3.95. The SMILES string of the molecule is CCOC(=O)c1cc(NC(C)c2nc(C)cs2)ncc1N. The molecule has 0 fully saturated rings. The van der Waals surface area contributed by atoms with Crippen LogP contribution in [-0.2, 0) is 4.74 Å². The van der Waals surface area contributed by atoms with Crippen LogP contribution in [-0.4, -0.2) is 22.5 Å². The van der Waals surface area contributed by atoms with E-state index >= 15 is 0 Å². The van der Waals surface area contributed by atoms with Gasteiger partial charge in [-0.15, -0.1) is 11.3 Å². The molecule has 7 heteroatoms. The number of aryl methyl sites for hydroxylation is 1. The van der Waals surface area contributed by atoms with Gasteiger partial charge in [-0.05, 0) is 26.8 Å². The van der Waals surface area contributed by atoms with E-state index in [1.807, 2.05) is 19.2 Å². The zero-order chi connectivity index (χ0) is 15.4. The Kier molecular flexibility index (Phi) is 4.74. The second-order valence-corrected chi connectivity index (χ2v) is 5.46. The number of aromatic nitrogens is 2. The summed E-state index contributed by atoms with van der Waals surface area (Å²) in [5.74, 6) is 0.116. The molecule has 6 nitrogen and oxygen atoms in total. The lowest BCUT2D eigenvalue weighted by Gasteiger charge is -2.13. The van der Waals surface area contributed by atoms with E-state index in [1.165, 1.54) is 6.20 Å². The second kappa shape index (κ2) is 6.53. The minimum absolute atomic E-state index is 0.00475. The van der Waals surface area contributed by atoms with E-state index < -0.39 is 5.97 Å². The summed E-state index contributed by atoms with van der Waals surface area (Å²) < 4.78 is 4.97. The Morgan fingerprint density at radius 2 is 2.33 bits per heavy atom. The number of thiazole rings is 1. The van der Waals surface area contributed by atoms with Gasteiger partial charge in [0.1, 0.15) is 10.8 Å². The molecule has 0 spiro atoms. The molecule has 2 aromatic heterocycles. The van der Waals surface area contributed by atoms with E-state index in [0.717, 1.165) is 10.7 Å². The molecule has 2 heterocycles. The van der Waals surface area contributed by atoms with Crippen LogP contribution in [0.1, 0.15) is 40.9 Å². The maximum atomic E-state index is 11.8. The Morgan fingerprint density at radius 3 is 2.95 bits per heavy atom. The van der Waals surface area contributed by atoms with Gasteiger partial charge in [0.2, 0.25) is 0 Å². The highest BCUT2D eigenvalue weighted by molar-refractivity contribution is 7.09. The molecule has 0 aromatic carbocycles. The highest BCUT2D eigenvalue weighted by atomic mass is 32.1. The minimum Gasteiger partial charge on any atom is -0.462 e. The molecule has 0 aliphatic heterocycles. The summed E-state index contributed by atoms with van der Waals surface area (Å²) in [7, 11) is 0. The van der Waals surface area contributed by atoms with Crippen LogP contribution < -0.4 is 11.1 Å². The first-order valence-corrected chi connectivity index (χ1v) is 7.50. The zero-order valence-electron chi connectivity index (χ0n) is 12.2. The summed E-state index contributed by atoms with van der Waals surface area (Å²) in [4.78, 5) is 20.4. The van der Waals surface area contributed by atoms with Crippen molar-refractivity contribution in [1.82, 2.24) is 9.97 Å². The highest BCUT2D eigenvalue weighted by Crippen LogP contribution is 2.23. The minimum atomic E-state index is -0.446. The number of rotatable bonds is 5. The molecule has 2 rings (SSSR count). The van der Waals surface area contributed by atoms with Gasteiger partial charge in [-0.2, -0.15) is 0 Å². The number of pyridine rings is 1. The van der Waals surface area contributed by atoms with Crippen molar-refractivity contribution in [3.05, 3.63) is 33.9 Å². The van der Waals surface area contributed by atoms with Gasteiger partial charge < -0.3 is 15.8 Å². The molecule has 0 bridgehead atoms. The molecular weight excluding hydrogens is 288 g/mol. The number of ether oxygens (including phenoxy) is 1. The summed E-state index contributed by atoms with van der Waals surface area (Å²) in [6, 6.07) is 1.60. The first-order chi connectivity index (χ1) is 10.0. The Balaban J connectivity index is 2.17. The van der Waals surface area contributed by atoms with E-state index in [9.17, 15) is 4.79 Å². The summed E-state index contributed by atoms with van der Waals surface area (Å²) in [5, 5.41) is 6.17. The number of nitrogens with one attached hydrogen (secondary N) is 1. The van der Waals surface area contributed by atoms with Crippen molar-refractivity contribution in [1.29, 1.82) is 0 Å². The number of carbonyl (C=O) groups is 1. The summed E-state index contributed by atoms with van der Waals surface area (Å²) in [6.07, 6.45) is 1.45. The highest BCUT2D eigenvalue weighted by Gasteiger charge is 2.15. The zero-order valence-corrected chi connectivity index (χ0v) is 13.0. The molecule has 3 N–H and O–H groups in total. The van der Waals surface area contributed by atoms with Crippen LogP contribution in [0.4, 0.5) is 11.5 Å². The Bertz CT molecular complexity index is 642. The smallest absolute Gasteiger partial charge is 0.340 e. The van der Waals surface area contributed by atoms with Crippen molar-refractivity contribution in [3.8, 4) is 0 Å². The molecule has 2 aromatic rings. The predicted molar refractivity (Wildman–Crippen MR) is 83.5 cm³/mol. The van der Waals surface area contributed by atoms with Gasteiger partial charge in [-0.1, -0.05) is 0 Å². The first kappa shape index (κ1) is 15.2. The second-order valence-electron chi connectivity index (χ2n) is 4.57. The maximum absolute atomic E-state index is 11.8. The third kappa shape index (κ3) is 3.69. The molecule has 21 heavy (non-hydrogen) atoms. The Morgan fingerprint density at radius 1 is 1.57 bits per heavy atom. The molecule has 0 radical (unpaired) electrons. The van der Waals surface area contributed by atoms with Gasteiger partial charge in [-0.3, -0.25) is 0 Å². The number of nitrogens with two attached hydrogens (primary N) is 1. The first-order valence-electron chi connectivity index (χ1n) is 6.62. The van der Waals surface area contributed by atoms with Crippen molar-refractivity contribution in [2.24, 2.45) is 0 Å². The summed E-state index contributed by atoms with van der Waals surface area (Å²) in [6.45, 7) is 5.99. The van der Waals surface area contributed by atoms with Gasteiger partial charge in [0.25, 0.3) is 0 Å². The van der Waals surface area contributed by atoms with Crippen molar-refractivity contribution >= 4 is 28.8 Å². The van der Waals surface area contributed by atoms with Crippen LogP contribution >= 0.6 is 11.3 Å². The van der Waals surface area contributed by atoms with Gasteiger partial charge >= 0.3 is 5.97 Å². The molecule has 0 saturated carbocycles. The summed E-state index contributed by atoms with van der Waals surface area (Å²) >= 11 is 1.58. The lowest BCUT2D eigenvalue weighted by Crippen LogP contribution is -2.12. The third-order valence-electron chi connectivity index (χ3n) is 2.80. The van der Waals surface area contributed by atoms with Gasteiger partial charge in [0, 0.05) is 11.1 Å². The number of hydrogen-bond acceptors (Lipinski definition) is 7. The number of nitrogen functional groups attached to an aromatic ring is 1. The van der Waals surface area contributed by atoms with Crippen LogP contribution in [0.2, 0.25) is 0 Å². The molecule has 0 amide bonds. The molecule has 0 aliphatic carbocycles. The largest absolute Gasteiger partial charge is 0.462 e. The topological polar surface area (TPSA) is 90.1 Å². The van der Waals surface area contributed by atoms with Crippen LogP contribution in [0.5, 0.6) is 0 Å². The predicted octanol–water partition coefficient (Wildman–Crippen LogP) is 2.78. The monoisotopic (exact) mass is 306 g/mol. The fourth-order valence-corrected chi connectivity index (χ4v) is 2.59. The van der Waals surface area contributed by atoms with Crippen LogP contribution in [0.3, 0.4) is 0 Å². The van der Waals surface area contributed by atoms with Crippen LogP contribution in [0.25, 0.3) is 0 Å². The fraction of sp³-hybridized carbons (Fsp3) is 0.357. The van der Waals surface area contributed by atoms with E-state index in [0.29, 0.717) is 23.7 Å². The van der Waals surface area contributed by atoms with E-state index in [2.05, 4.69) is 15.3 Å². The quantitative estimate of drug-likeness (QED) is 0.826. The number of hydrogen-bond donors (Lipinski definition) is 2. The van der Waals surface area contributed by atoms with Gasteiger partial charge in [0.15, 0.2) is 0 Å².